The van der Waals surface area contributed by atoms with E-state index < -0.39 is 17.3 Å². The first-order valence-corrected chi connectivity index (χ1v) is 4.41. The van der Waals surface area contributed by atoms with E-state index in [9.17, 15) is 18.3 Å². The summed E-state index contributed by atoms with van der Waals surface area (Å²) >= 11 is 0. The van der Waals surface area contributed by atoms with Gasteiger partial charge in [0, 0.05) is 12.0 Å². The van der Waals surface area contributed by atoms with Crippen LogP contribution in [0.3, 0.4) is 0 Å². The SMILES string of the molecule is Cl.OC1(C(F)(F)F)CCNC2(CC2)C1. The molecule has 0 amide bonds. The molecule has 2 nitrogen and oxygen atoms in total. The number of aliphatic hydroxyl groups is 1. The van der Waals surface area contributed by atoms with Crippen LogP contribution in [-0.2, 0) is 0 Å². The lowest BCUT2D eigenvalue weighted by Gasteiger charge is -2.39. The van der Waals surface area contributed by atoms with Gasteiger partial charge in [-0.3, -0.25) is 0 Å². The first kappa shape index (κ1) is 12.1. The fraction of sp³-hybridized carbons (Fsp3) is 1.00. The average molecular weight is 232 g/mol. The standard InChI is InChI=1S/C8H12F3NO.ClH/c9-8(10,11)7(13)3-4-12-6(5-7)1-2-6;/h12-13H,1-5H2;1H. The molecule has 0 radical (unpaired) electrons. The first-order valence-electron chi connectivity index (χ1n) is 4.41. The number of hydrogen-bond acceptors (Lipinski definition) is 2. The molecule has 0 aromatic heterocycles. The molecule has 1 aliphatic heterocycles. The summed E-state index contributed by atoms with van der Waals surface area (Å²) in [6, 6.07) is 0. The molecule has 1 saturated heterocycles. The van der Waals surface area contributed by atoms with Crippen LogP contribution in [0.2, 0.25) is 0 Å². The third kappa shape index (κ3) is 1.85. The van der Waals surface area contributed by atoms with Crippen LogP contribution < -0.4 is 5.32 Å². The van der Waals surface area contributed by atoms with Gasteiger partial charge in [0.25, 0.3) is 0 Å². The van der Waals surface area contributed by atoms with E-state index in [1.54, 1.807) is 0 Å². The van der Waals surface area contributed by atoms with Crippen LogP contribution in [0.25, 0.3) is 0 Å². The Morgan fingerprint density at radius 2 is 1.71 bits per heavy atom. The molecule has 1 unspecified atom stereocenters. The Morgan fingerprint density at radius 3 is 2.14 bits per heavy atom. The normalized spacial score (nSPS) is 35.1. The quantitative estimate of drug-likeness (QED) is 0.664. The van der Waals surface area contributed by atoms with Crippen molar-refractivity contribution in [1.29, 1.82) is 0 Å². The van der Waals surface area contributed by atoms with Crippen molar-refractivity contribution >= 4 is 12.4 Å². The molecule has 84 valence electrons. The molecule has 1 saturated carbocycles. The fourth-order valence-corrected chi connectivity index (χ4v) is 1.99. The molecule has 14 heavy (non-hydrogen) atoms. The van der Waals surface area contributed by atoms with Crippen LogP contribution >= 0.6 is 12.4 Å². The van der Waals surface area contributed by atoms with Gasteiger partial charge in [0.05, 0.1) is 0 Å². The predicted molar refractivity (Wildman–Crippen MR) is 47.5 cm³/mol. The number of piperidine rings is 1. The molecule has 1 atom stereocenters. The zero-order valence-corrected chi connectivity index (χ0v) is 8.34. The van der Waals surface area contributed by atoms with Crippen LogP contribution in [0.5, 0.6) is 0 Å². The molecule has 2 fully saturated rings. The van der Waals surface area contributed by atoms with Gasteiger partial charge in [0.15, 0.2) is 5.60 Å². The average Bonchev–Trinajstić information content (AvgIpc) is 2.66. The van der Waals surface area contributed by atoms with Gasteiger partial charge in [-0.25, -0.2) is 0 Å². The molecule has 1 heterocycles. The lowest BCUT2D eigenvalue weighted by atomic mass is 9.85. The van der Waals surface area contributed by atoms with Gasteiger partial charge in [-0.2, -0.15) is 13.2 Å². The Hall–Kier alpha value is -0.0000000000000000486. The zero-order valence-electron chi connectivity index (χ0n) is 7.52. The predicted octanol–water partition coefficient (Wildman–Crippen LogP) is 1.62. The van der Waals surface area contributed by atoms with Crippen molar-refractivity contribution in [2.75, 3.05) is 6.54 Å². The van der Waals surface area contributed by atoms with Crippen molar-refractivity contribution in [2.24, 2.45) is 0 Å². The second-order valence-electron chi connectivity index (χ2n) is 4.16. The van der Waals surface area contributed by atoms with Crippen molar-refractivity contribution in [3.05, 3.63) is 0 Å². The highest BCUT2D eigenvalue weighted by molar-refractivity contribution is 5.85. The van der Waals surface area contributed by atoms with Crippen LogP contribution in [-0.4, -0.2) is 29.0 Å². The van der Waals surface area contributed by atoms with Gasteiger partial charge in [-0.1, -0.05) is 0 Å². The Bertz CT molecular complexity index is 229. The maximum Gasteiger partial charge on any atom is 0.417 e. The van der Waals surface area contributed by atoms with Gasteiger partial charge in [0.1, 0.15) is 0 Å². The molecule has 2 aliphatic rings. The molecule has 0 aromatic carbocycles. The minimum atomic E-state index is -4.48. The summed E-state index contributed by atoms with van der Waals surface area (Å²) in [5.74, 6) is 0. The van der Waals surface area contributed by atoms with E-state index in [1.807, 2.05) is 0 Å². The highest BCUT2D eigenvalue weighted by Gasteiger charge is 2.61. The molecule has 2 N–H and O–H groups in total. The third-order valence-electron chi connectivity index (χ3n) is 3.05. The van der Waals surface area contributed by atoms with E-state index in [0.29, 0.717) is 0 Å². The van der Waals surface area contributed by atoms with Crippen molar-refractivity contribution in [3.8, 4) is 0 Å². The van der Waals surface area contributed by atoms with Crippen LogP contribution in [0, 0.1) is 0 Å². The summed E-state index contributed by atoms with van der Waals surface area (Å²) < 4.78 is 37.3. The summed E-state index contributed by atoms with van der Waals surface area (Å²) in [7, 11) is 0. The lowest BCUT2D eigenvalue weighted by molar-refractivity contribution is -0.272. The van der Waals surface area contributed by atoms with Gasteiger partial charge >= 0.3 is 6.18 Å². The largest absolute Gasteiger partial charge is 0.417 e. The summed E-state index contributed by atoms with van der Waals surface area (Å²) in [5, 5.41) is 12.5. The summed E-state index contributed by atoms with van der Waals surface area (Å²) in [6.45, 7) is 0.260. The van der Waals surface area contributed by atoms with Crippen molar-refractivity contribution < 1.29 is 18.3 Å². The summed E-state index contributed by atoms with van der Waals surface area (Å²) in [6.07, 6.45) is -3.37. The number of rotatable bonds is 0. The Balaban J connectivity index is 0.000000980. The van der Waals surface area contributed by atoms with Crippen molar-refractivity contribution in [1.82, 2.24) is 5.32 Å². The van der Waals surface area contributed by atoms with E-state index in [-0.39, 0.29) is 31.8 Å². The van der Waals surface area contributed by atoms with Crippen molar-refractivity contribution in [3.63, 3.8) is 0 Å². The van der Waals surface area contributed by atoms with Crippen LogP contribution in [0.1, 0.15) is 25.7 Å². The van der Waals surface area contributed by atoms with Gasteiger partial charge in [-0.05, 0) is 25.8 Å². The maximum atomic E-state index is 12.4. The zero-order chi connectivity index (χ0) is 9.74. The van der Waals surface area contributed by atoms with Crippen LogP contribution in [0.4, 0.5) is 13.2 Å². The van der Waals surface area contributed by atoms with E-state index in [1.165, 1.54) is 0 Å². The van der Waals surface area contributed by atoms with Crippen LogP contribution in [0.15, 0.2) is 0 Å². The minimum Gasteiger partial charge on any atom is -0.380 e. The number of halogens is 4. The van der Waals surface area contributed by atoms with E-state index in [0.717, 1.165) is 12.8 Å². The van der Waals surface area contributed by atoms with E-state index in [4.69, 9.17) is 0 Å². The molecule has 6 heteroatoms. The van der Waals surface area contributed by atoms with E-state index in [2.05, 4.69) is 5.32 Å². The number of nitrogens with one attached hydrogen (secondary N) is 1. The summed E-state index contributed by atoms with van der Waals surface area (Å²) in [5.41, 5.74) is -2.85. The Kier molecular flexibility index (Phi) is 2.80. The number of hydrogen-bond donors (Lipinski definition) is 2. The monoisotopic (exact) mass is 231 g/mol. The minimum absolute atomic E-state index is 0. The smallest absolute Gasteiger partial charge is 0.380 e. The molecule has 2 rings (SSSR count). The second kappa shape index (κ2) is 3.25. The molecule has 0 bridgehead atoms. The Labute approximate surface area is 86.3 Å². The highest BCUT2D eigenvalue weighted by Crippen LogP contribution is 2.50. The summed E-state index contributed by atoms with van der Waals surface area (Å²) in [4.78, 5) is 0. The maximum absolute atomic E-state index is 12.4. The molecular formula is C8H13ClF3NO. The van der Waals surface area contributed by atoms with Gasteiger partial charge < -0.3 is 10.4 Å². The number of alkyl halides is 3. The van der Waals surface area contributed by atoms with Gasteiger partial charge in [-0.15, -0.1) is 12.4 Å². The lowest BCUT2D eigenvalue weighted by Crippen LogP contribution is -2.57. The first-order chi connectivity index (χ1) is 5.87. The third-order valence-corrected chi connectivity index (χ3v) is 3.05. The fourth-order valence-electron chi connectivity index (χ4n) is 1.99. The molecular weight excluding hydrogens is 219 g/mol. The molecule has 1 spiro atoms. The Morgan fingerprint density at radius 1 is 1.14 bits per heavy atom. The second-order valence-corrected chi connectivity index (χ2v) is 4.16. The van der Waals surface area contributed by atoms with Gasteiger partial charge in [0.2, 0.25) is 0 Å². The van der Waals surface area contributed by atoms with E-state index >= 15 is 0 Å². The van der Waals surface area contributed by atoms with Crippen molar-refractivity contribution in [2.45, 2.75) is 43.0 Å². The topological polar surface area (TPSA) is 32.3 Å². The highest BCUT2D eigenvalue weighted by atomic mass is 35.5. The molecule has 1 aliphatic carbocycles. The molecule has 0 aromatic rings.